The van der Waals surface area contributed by atoms with Gasteiger partial charge in [0.15, 0.2) is 6.29 Å². The highest BCUT2D eigenvalue weighted by atomic mass is 16.7. The number of aromatic nitrogens is 1. The summed E-state index contributed by atoms with van der Waals surface area (Å²) in [5.74, 6) is 0. The summed E-state index contributed by atoms with van der Waals surface area (Å²) >= 11 is 0. The highest BCUT2D eigenvalue weighted by Crippen LogP contribution is 2.38. The van der Waals surface area contributed by atoms with Crippen LogP contribution in [-0.2, 0) is 22.3 Å². The van der Waals surface area contributed by atoms with Crippen molar-refractivity contribution in [1.82, 2.24) is 4.98 Å². The maximum atomic E-state index is 5.40. The van der Waals surface area contributed by atoms with Crippen molar-refractivity contribution in [3.63, 3.8) is 0 Å². The fourth-order valence-electron chi connectivity index (χ4n) is 3.20. The fraction of sp³-hybridized carbons (Fsp3) is 0.611. The smallest absolute Gasteiger partial charge is 0.197 e. The molecule has 0 saturated heterocycles. The number of hydrogen-bond donors (Lipinski definition) is 1. The summed E-state index contributed by atoms with van der Waals surface area (Å²) in [6.07, 6.45) is 6.90. The largest absolute Gasteiger partial charge is 0.361 e. The normalized spacial score (nSPS) is 19.2. The van der Waals surface area contributed by atoms with Crippen LogP contribution in [-0.4, -0.2) is 31.2 Å². The van der Waals surface area contributed by atoms with Gasteiger partial charge in [-0.25, -0.2) is 0 Å². The van der Waals surface area contributed by atoms with E-state index in [1.54, 1.807) is 14.2 Å². The van der Waals surface area contributed by atoms with Crippen molar-refractivity contribution in [2.24, 2.45) is 10.4 Å². The SMILES string of the molecule is CCc1c[nH]c(/C=C2/CC(C)(C)C(C(OC)OC)=N2)c1CC. The maximum absolute atomic E-state index is 5.40. The molecular weight excluding hydrogens is 276 g/mol. The average Bonchev–Trinajstić information content (AvgIpc) is 3.01. The standard InChI is InChI=1S/C18H28N2O2/c1-7-12-11-19-15(14(12)8-2)9-13-10-18(3,4)16(20-13)17(21-5)22-6/h9,11,17,19H,7-8,10H2,1-6H3/b13-9-. The van der Waals surface area contributed by atoms with Crippen LogP contribution < -0.4 is 0 Å². The molecule has 4 nitrogen and oxygen atoms in total. The van der Waals surface area contributed by atoms with Gasteiger partial charge in [-0.15, -0.1) is 0 Å². The van der Waals surface area contributed by atoms with Gasteiger partial charge in [0.2, 0.25) is 0 Å². The van der Waals surface area contributed by atoms with Crippen LogP contribution in [0.15, 0.2) is 16.9 Å². The molecule has 0 radical (unpaired) electrons. The van der Waals surface area contributed by atoms with Crippen molar-refractivity contribution < 1.29 is 9.47 Å². The first-order valence-corrected chi connectivity index (χ1v) is 8.01. The zero-order chi connectivity index (χ0) is 16.3. The number of rotatable bonds is 6. The molecule has 0 bridgehead atoms. The summed E-state index contributed by atoms with van der Waals surface area (Å²) in [6, 6.07) is 0. The zero-order valence-electron chi connectivity index (χ0n) is 14.6. The van der Waals surface area contributed by atoms with Gasteiger partial charge in [-0.3, -0.25) is 4.99 Å². The molecule has 0 amide bonds. The van der Waals surface area contributed by atoms with E-state index in [0.717, 1.165) is 30.7 Å². The van der Waals surface area contributed by atoms with E-state index < -0.39 is 0 Å². The van der Waals surface area contributed by atoms with Crippen LogP contribution in [0.2, 0.25) is 0 Å². The third kappa shape index (κ3) is 3.18. The maximum Gasteiger partial charge on any atom is 0.197 e. The molecule has 1 aromatic rings. The number of aryl methyl sites for hydroxylation is 1. The Bertz CT molecular complexity index is 578. The van der Waals surface area contributed by atoms with Crippen LogP contribution in [0.5, 0.6) is 0 Å². The lowest BCUT2D eigenvalue weighted by Crippen LogP contribution is -2.34. The van der Waals surface area contributed by atoms with Crippen molar-refractivity contribution in [3.05, 3.63) is 28.7 Å². The second-order valence-electron chi connectivity index (χ2n) is 6.41. The third-order valence-corrected chi connectivity index (χ3v) is 4.39. The number of hydrogen-bond acceptors (Lipinski definition) is 3. The van der Waals surface area contributed by atoms with E-state index in [1.165, 1.54) is 16.8 Å². The van der Waals surface area contributed by atoms with Crippen LogP contribution in [0.4, 0.5) is 0 Å². The predicted octanol–water partition coefficient (Wildman–Crippen LogP) is 3.97. The number of ether oxygens (including phenoxy) is 2. The van der Waals surface area contributed by atoms with Crippen LogP contribution >= 0.6 is 0 Å². The van der Waals surface area contributed by atoms with E-state index >= 15 is 0 Å². The second kappa shape index (κ2) is 6.80. The van der Waals surface area contributed by atoms with Gasteiger partial charge in [-0.1, -0.05) is 27.7 Å². The quantitative estimate of drug-likeness (QED) is 0.808. The Morgan fingerprint density at radius 1 is 1.27 bits per heavy atom. The lowest BCUT2D eigenvalue weighted by atomic mass is 9.85. The van der Waals surface area contributed by atoms with Crippen LogP contribution in [0.3, 0.4) is 0 Å². The number of methoxy groups -OCH3 is 2. The van der Waals surface area contributed by atoms with Crippen molar-refractivity contribution in [2.45, 2.75) is 53.2 Å². The lowest BCUT2D eigenvalue weighted by molar-refractivity contribution is -0.0561. The van der Waals surface area contributed by atoms with Gasteiger partial charge in [0.1, 0.15) is 0 Å². The van der Waals surface area contributed by atoms with Crippen molar-refractivity contribution in [3.8, 4) is 0 Å². The molecule has 0 atom stereocenters. The highest BCUT2D eigenvalue weighted by Gasteiger charge is 2.37. The highest BCUT2D eigenvalue weighted by molar-refractivity contribution is 5.96. The molecule has 0 aromatic carbocycles. The number of H-pyrrole nitrogens is 1. The first kappa shape index (κ1) is 17.0. The molecule has 0 saturated carbocycles. The minimum Gasteiger partial charge on any atom is -0.361 e. The molecule has 0 unspecified atom stereocenters. The van der Waals surface area contributed by atoms with Crippen molar-refractivity contribution in [1.29, 1.82) is 0 Å². The Morgan fingerprint density at radius 3 is 2.50 bits per heavy atom. The molecule has 2 heterocycles. The van der Waals surface area contributed by atoms with Crippen LogP contribution in [0.1, 0.15) is 50.9 Å². The number of aromatic amines is 1. The Balaban J connectivity index is 2.36. The van der Waals surface area contributed by atoms with Gasteiger partial charge >= 0.3 is 0 Å². The van der Waals surface area contributed by atoms with Gasteiger partial charge in [0.05, 0.1) is 5.71 Å². The Kier molecular flexibility index (Phi) is 5.24. The first-order valence-electron chi connectivity index (χ1n) is 8.01. The molecule has 0 fully saturated rings. The van der Waals surface area contributed by atoms with E-state index in [0.29, 0.717) is 0 Å². The van der Waals surface area contributed by atoms with Crippen molar-refractivity contribution >= 4 is 11.8 Å². The van der Waals surface area contributed by atoms with E-state index in [9.17, 15) is 0 Å². The molecule has 4 heteroatoms. The molecular formula is C18H28N2O2. The number of nitrogens with zero attached hydrogens (tertiary/aromatic N) is 1. The molecule has 22 heavy (non-hydrogen) atoms. The van der Waals surface area contributed by atoms with E-state index in [-0.39, 0.29) is 11.7 Å². The summed E-state index contributed by atoms with van der Waals surface area (Å²) in [7, 11) is 3.31. The number of allylic oxidation sites excluding steroid dienone is 1. The Hall–Kier alpha value is -1.39. The summed E-state index contributed by atoms with van der Waals surface area (Å²) in [4.78, 5) is 8.19. The molecule has 0 aliphatic carbocycles. The zero-order valence-corrected chi connectivity index (χ0v) is 14.6. The molecule has 2 rings (SSSR count). The fourth-order valence-corrected chi connectivity index (χ4v) is 3.20. The van der Waals surface area contributed by atoms with Gasteiger partial charge in [0, 0.05) is 43.6 Å². The van der Waals surface area contributed by atoms with E-state index in [4.69, 9.17) is 14.5 Å². The monoisotopic (exact) mass is 304 g/mol. The molecule has 1 aliphatic heterocycles. The van der Waals surface area contributed by atoms with Gasteiger partial charge < -0.3 is 14.5 Å². The second-order valence-corrected chi connectivity index (χ2v) is 6.41. The Labute approximate surface area is 133 Å². The summed E-state index contributed by atoms with van der Waals surface area (Å²) < 4.78 is 10.8. The first-order chi connectivity index (χ1) is 10.5. The minimum absolute atomic E-state index is 0.0466. The molecule has 1 aliphatic rings. The van der Waals surface area contributed by atoms with Crippen LogP contribution in [0, 0.1) is 5.41 Å². The van der Waals surface area contributed by atoms with Crippen LogP contribution in [0.25, 0.3) is 6.08 Å². The summed E-state index contributed by atoms with van der Waals surface area (Å²) in [6.45, 7) is 8.76. The molecule has 1 N–H and O–H groups in total. The van der Waals surface area contributed by atoms with E-state index in [2.05, 4.69) is 45.0 Å². The number of aliphatic imine (C=N–C) groups is 1. The third-order valence-electron chi connectivity index (χ3n) is 4.39. The van der Waals surface area contributed by atoms with Gasteiger partial charge in [-0.2, -0.15) is 0 Å². The minimum atomic E-state index is -0.374. The lowest BCUT2D eigenvalue weighted by Gasteiger charge is -2.24. The average molecular weight is 304 g/mol. The summed E-state index contributed by atoms with van der Waals surface area (Å²) in [5.41, 5.74) is 5.97. The number of nitrogens with one attached hydrogen (secondary N) is 1. The van der Waals surface area contributed by atoms with Crippen molar-refractivity contribution in [2.75, 3.05) is 14.2 Å². The summed E-state index contributed by atoms with van der Waals surface area (Å²) in [5, 5.41) is 0. The predicted molar refractivity (Wildman–Crippen MR) is 91.2 cm³/mol. The molecule has 1 aromatic heterocycles. The molecule has 122 valence electrons. The molecule has 0 spiro atoms. The van der Waals surface area contributed by atoms with Gasteiger partial charge in [-0.05, 0) is 30.0 Å². The van der Waals surface area contributed by atoms with E-state index in [1.807, 2.05) is 0 Å². The Morgan fingerprint density at radius 2 is 1.95 bits per heavy atom. The van der Waals surface area contributed by atoms with Gasteiger partial charge in [0.25, 0.3) is 0 Å². The topological polar surface area (TPSA) is 46.6 Å².